The Bertz CT molecular complexity index is 247. The summed E-state index contributed by atoms with van der Waals surface area (Å²) in [6.07, 6.45) is 3.43. The van der Waals surface area contributed by atoms with Gasteiger partial charge >= 0.3 is 0 Å². The van der Waals surface area contributed by atoms with Gasteiger partial charge in [0.15, 0.2) is 0 Å². The van der Waals surface area contributed by atoms with Crippen LogP contribution >= 0.6 is 15.9 Å². The molecule has 3 nitrogen and oxygen atoms in total. The van der Waals surface area contributed by atoms with Crippen molar-refractivity contribution in [2.75, 3.05) is 18.5 Å². The van der Waals surface area contributed by atoms with Crippen LogP contribution in [0.15, 0.2) is 0 Å². The van der Waals surface area contributed by atoms with Crippen LogP contribution in [0.5, 0.6) is 0 Å². The highest BCUT2D eigenvalue weighted by atomic mass is 79.9. The topological polar surface area (TPSA) is 29.5 Å². The normalized spacial score (nSPS) is 36.1. The molecule has 2 saturated heterocycles. The first-order valence-electron chi connectivity index (χ1n) is 5.70. The van der Waals surface area contributed by atoms with E-state index >= 15 is 0 Å². The molecule has 2 heterocycles. The lowest BCUT2D eigenvalue weighted by atomic mass is 10.0. The number of ether oxygens (including phenoxy) is 1. The van der Waals surface area contributed by atoms with Gasteiger partial charge in [-0.2, -0.15) is 0 Å². The molecule has 0 aromatic rings. The van der Waals surface area contributed by atoms with Gasteiger partial charge in [0, 0.05) is 17.9 Å². The summed E-state index contributed by atoms with van der Waals surface area (Å²) in [4.78, 5) is 14.2. The minimum absolute atomic E-state index is 0.111. The van der Waals surface area contributed by atoms with E-state index in [1.807, 2.05) is 11.8 Å². The highest BCUT2D eigenvalue weighted by molar-refractivity contribution is 9.09. The fourth-order valence-electron chi connectivity index (χ4n) is 2.51. The fourth-order valence-corrected chi connectivity index (χ4v) is 3.18. The van der Waals surface area contributed by atoms with Crippen LogP contribution in [0.3, 0.4) is 0 Å². The molecule has 2 aliphatic rings. The highest BCUT2D eigenvalue weighted by Crippen LogP contribution is 2.26. The average molecular weight is 276 g/mol. The lowest BCUT2D eigenvalue weighted by Crippen LogP contribution is -2.40. The third-order valence-electron chi connectivity index (χ3n) is 3.39. The van der Waals surface area contributed by atoms with Crippen LogP contribution in [0.1, 0.15) is 26.2 Å². The zero-order valence-electron chi connectivity index (χ0n) is 9.12. The molecule has 3 atom stereocenters. The van der Waals surface area contributed by atoms with Gasteiger partial charge in [0.2, 0.25) is 5.91 Å². The maximum absolute atomic E-state index is 12.2. The Kier molecular flexibility index (Phi) is 3.67. The average Bonchev–Trinajstić information content (AvgIpc) is 2.84. The summed E-state index contributed by atoms with van der Waals surface area (Å²) in [6, 6.07) is 0.411. The zero-order chi connectivity index (χ0) is 10.8. The molecule has 2 rings (SSSR count). The molecule has 0 aromatic carbocycles. The van der Waals surface area contributed by atoms with E-state index in [0.717, 1.165) is 31.1 Å². The summed E-state index contributed by atoms with van der Waals surface area (Å²) in [6.45, 7) is 3.59. The molecule has 2 aliphatic heterocycles. The molecular weight excluding hydrogens is 258 g/mol. The third kappa shape index (κ3) is 2.36. The Hall–Kier alpha value is -0.0900. The minimum Gasteiger partial charge on any atom is -0.378 e. The third-order valence-corrected chi connectivity index (χ3v) is 4.13. The lowest BCUT2D eigenvalue weighted by molar-refractivity contribution is -0.135. The molecule has 15 heavy (non-hydrogen) atoms. The number of alkyl halides is 1. The second-order valence-corrected chi connectivity index (χ2v) is 5.21. The molecule has 0 aromatic heterocycles. The van der Waals surface area contributed by atoms with Crippen molar-refractivity contribution < 1.29 is 9.53 Å². The number of carbonyl (C=O) groups excluding carboxylic acids is 1. The maximum atomic E-state index is 12.2. The first kappa shape index (κ1) is 11.4. The fraction of sp³-hybridized carbons (Fsp3) is 0.909. The van der Waals surface area contributed by atoms with Crippen LogP contribution in [0.2, 0.25) is 0 Å². The van der Waals surface area contributed by atoms with Crippen LogP contribution in [0.25, 0.3) is 0 Å². The molecule has 0 radical (unpaired) electrons. The van der Waals surface area contributed by atoms with Crippen molar-refractivity contribution in [1.29, 1.82) is 0 Å². The smallest absolute Gasteiger partial charge is 0.228 e. The molecule has 0 spiro atoms. The highest BCUT2D eigenvalue weighted by Gasteiger charge is 2.35. The SMILES string of the molecule is CC1CC(C(=O)N2CCC[C@@H]2CBr)CO1. The number of hydrogen-bond acceptors (Lipinski definition) is 2. The molecule has 1 amide bonds. The summed E-state index contributed by atoms with van der Waals surface area (Å²) in [5.41, 5.74) is 0. The Morgan fingerprint density at radius 3 is 3.00 bits per heavy atom. The number of likely N-dealkylation sites (tertiary alicyclic amines) is 1. The van der Waals surface area contributed by atoms with Crippen molar-refractivity contribution in [3.63, 3.8) is 0 Å². The van der Waals surface area contributed by atoms with Gasteiger partial charge in [-0.3, -0.25) is 4.79 Å². The lowest BCUT2D eigenvalue weighted by Gasteiger charge is -2.25. The summed E-state index contributed by atoms with van der Waals surface area (Å²) < 4.78 is 5.46. The van der Waals surface area contributed by atoms with Gasteiger partial charge in [-0.15, -0.1) is 0 Å². The van der Waals surface area contributed by atoms with Crippen molar-refractivity contribution in [2.45, 2.75) is 38.3 Å². The van der Waals surface area contributed by atoms with E-state index in [1.165, 1.54) is 0 Å². The van der Waals surface area contributed by atoms with E-state index in [4.69, 9.17) is 4.74 Å². The largest absolute Gasteiger partial charge is 0.378 e. The van der Waals surface area contributed by atoms with Gasteiger partial charge in [0.1, 0.15) is 0 Å². The van der Waals surface area contributed by atoms with E-state index < -0.39 is 0 Å². The summed E-state index contributed by atoms with van der Waals surface area (Å²) >= 11 is 3.48. The van der Waals surface area contributed by atoms with Gasteiger partial charge in [-0.05, 0) is 26.2 Å². The predicted molar refractivity (Wildman–Crippen MR) is 62.1 cm³/mol. The number of carbonyl (C=O) groups is 1. The summed E-state index contributed by atoms with van der Waals surface area (Å²) in [5.74, 6) is 0.418. The number of hydrogen-bond donors (Lipinski definition) is 0. The van der Waals surface area contributed by atoms with Crippen LogP contribution in [0.4, 0.5) is 0 Å². The summed E-state index contributed by atoms with van der Waals surface area (Å²) in [7, 11) is 0. The van der Waals surface area contributed by atoms with E-state index in [1.54, 1.807) is 0 Å². The molecule has 2 unspecified atom stereocenters. The van der Waals surface area contributed by atoms with E-state index in [0.29, 0.717) is 18.6 Å². The predicted octanol–water partition coefficient (Wildman–Crippen LogP) is 1.80. The first-order chi connectivity index (χ1) is 7.22. The van der Waals surface area contributed by atoms with Crippen LogP contribution < -0.4 is 0 Å². The molecule has 0 saturated carbocycles. The van der Waals surface area contributed by atoms with Gasteiger partial charge < -0.3 is 9.64 Å². The van der Waals surface area contributed by atoms with Crippen molar-refractivity contribution in [3.8, 4) is 0 Å². The number of rotatable bonds is 2. The van der Waals surface area contributed by atoms with Crippen molar-refractivity contribution >= 4 is 21.8 Å². The zero-order valence-corrected chi connectivity index (χ0v) is 10.7. The van der Waals surface area contributed by atoms with E-state index in [9.17, 15) is 4.79 Å². The molecule has 0 bridgehead atoms. The van der Waals surface area contributed by atoms with Crippen LogP contribution in [-0.4, -0.2) is 41.4 Å². The molecule has 0 N–H and O–H groups in total. The second-order valence-electron chi connectivity index (χ2n) is 4.56. The van der Waals surface area contributed by atoms with Crippen molar-refractivity contribution in [2.24, 2.45) is 5.92 Å². The van der Waals surface area contributed by atoms with E-state index in [2.05, 4.69) is 15.9 Å². The van der Waals surface area contributed by atoms with E-state index in [-0.39, 0.29) is 12.0 Å². The first-order valence-corrected chi connectivity index (χ1v) is 6.82. The molecule has 0 aliphatic carbocycles. The summed E-state index contributed by atoms with van der Waals surface area (Å²) in [5, 5.41) is 0.905. The molecule has 4 heteroatoms. The minimum atomic E-state index is 0.111. The standard InChI is InChI=1S/C11H18BrNO2/c1-8-5-9(7-15-8)11(14)13-4-2-3-10(13)6-12/h8-10H,2-7H2,1H3/t8?,9?,10-/m1/s1. The second kappa shape index (κ2) is 4.83. The van der Waals surface area contributed by atoms with Crippen LogP contribution in [-0.2, 0) is 9.53 Å². The Morgan fingerprint density at radius 2 is 2.40 bits per heavy atom. The van der Waals surface area contributed by atoms with Gasteiger partial charge in [0.05, 0.1) is 18.6 Å². The van der Waals surface area contributed by atoms with Crippen molar-refractivity contribution in [3.05, 3.63) is 0 Å². The quantitative estimate of drug-likeness (QED) is 0.720. The van der Waals surface area contributed by atoms with Gasteiger partial charge in [0.25, 0.3) is 0 Å². The maximum Gasteiger partial charge on any atom is 0.228 e. The number of halogens is 1. The van der Waals surface area contributed by atoms with Crippen LogP contribution in [0, 0.1) is 5.92 Å². The van der Waals surface area contributed by atoms with Crippen molar-refractivity contribution in [1.82, 2.24) is 4.90 Å². The number of amides is 1. The molecule has 2 fully saturated rings. The molecule has 86 valence electrons. The van der Waals surface area contributed by atoms with Gasteiger partial charge in [-0.1, -0.05) is 15.9 Å². The Balaban J connectivity index is 1.95. The number of nitrogens with zero attached hydrogens (tertiary/aromatic N) is 1. The monoisotopic (exact) mass is 275 g/mol. The Labute approximate surface area is 99.3 Å². The molecular formula is C11H18BrNO2. The Morgan fingerprint density at radius 1 is 1.60 bits per heavy atom. The van der Waals surface area contributed by atoms with Gasteiger partial charge in [-0.25, -0.2) is 0 Å².